The molecule has 0 saturated carbocycles. The van der Waals surface area contributed by atoms with Crippen LogP contribution in [0.15, 0.2) is 72.1 Å². The predicted molar refractivity (Wildman–Crippen MR) is 110 cm³/mol. The van der Waals surface area contributed by atoms with Crippen molar-refractivity contribution in [3.8, 4) is 0 Å². The molecule has 26 heavy (non-hydrogen) atoms. The summed E-state index contributed by atoms with van der Waals surface area (Å²) in [5, 5.41) is 8.52. The van der Waals surface area contributed by atoms with Crippen molar-refractivity contribution in [1.29, 1.82) is 0 Å². The Morgan fingerprint density at radius 3 is 2.35 bits per heavy atom. The molecule has 0 aliphatic heterocycles. The van der Waals surface area contributed by atoms with E-state index in [4.69, 9.17) is 0 Å². The first kappa shape index (κ1) is 18.4. The molecule has 0 bridgehead atoms. The lowest BCUT2D eigenvalue weighted by Crippen LogP contribution is -2.40. The van der Waals surface area contributed by atoms with Crippen molar-refractivity contribution < 1.29 is 4.79 Å². The summed E-state index contributed by atoms with van der Waals surface area (Å²) in [6.45, 7) is 4.05. The Balaban J connectivity index is 1.75. The Labute approximate surface area is 159 Å². The van der Waals surface area contributed by atoms with Crippen LogP contribution in [0, 0.1) is 0 Å². The molecular weight excluding hydrogens is 340 g/mol. The fraction of sp³-hybridized carbons (Fsp3) is 0.227. The summed E-state index contributed by atoms with van der Waals surface area (Å²) in [5.41, 5.74) is 3.30. The molecule has 0 aliphatic carbocycles. The van der Waals surface area contributed by atoms with Gasteiger partial charge in [0.15, 0.2) is 0 Å². The van der Waals surface area contributed by atoms with Gasteiger partial charge in [0.25, 0.3) is 0 Å². The molecule has 0 radical (unpaired) electrons. The van der Waals surface area contributed by atoms with E-state index in [0.29, 0.717) is 0 Å². The summed E-state index contributed by atoms with van der Waals surface area (Å²) in [7, 11) is 0. The zero-order valence-electron chi connectivity index (χ0n) is 15.1. The number of thiophene rings is 1. The van der Waals surface area contributed by atoms with Crippen LogP contribution in [-0.4, -0.2) is 11.9 Å². The largest absolute Gasteiger partial charge is 0.325 e. The molecule has 3 rings (SSSR count). The lowest BCUT2D eigenvalue weighted by atomic mass is 10.0. The zero-order valence-corrected chi connectivity index (χ0v) is 15.9. The van der Waals surface area contributed by atoms with Gasteiger partial charge in [-0.2, -0.15) is 0 Å². The number of benzene rings is 2. The molecule has 0 unspecified atom stereocenters. The molecular formula is C22H24N2OS. The summed E-state index contributed by atoms with van der Waals surface area (Å²) in [4.78, 5) is 13.8. The van der Waals surface area contributed by atoms with Crippen LogP contribution < -0.4 is 10.6 Å². The Morgan fingerprint density at radius 2 is 1.73 bits per heavy atom. The third-order valence-electron chi connectivity index (χ3n) is 4.40. The van der Waals surface area contributed by atoms with E-state index in [-0.39, 0.29) is 18.0 Å². The maximum Gasteiger partial charge on any atom is 0.241 e. The first-order valence-electron chi connectivity index (χ1n) is 8.91. The highest BCUT2D eigenvalue weighted by atomic mass is 32.1. The smallest absolute Gasteiger partial charge is 0.241 e. The summed E-state index contributed by atoms with van der Waals surface area (Å²) >= 11 is 1.70. The minimum atomic E-state index is -0.326. The van der Waals surface area contributed by atoms with Crippen LogP contribution >= 0.6 is 11.3 Å². The van der Waals surface area contributed by atoms with Gasteiger partial charge in [-0.15, -0.1) is 11.3 Å². The molecule has 1 heterocycles. The SMILES string of the molecule is CCc1ccc([C@@H](N[C@H](C)C(=O)Nc2ccccc2)c2cccs2)cc1. The van der Waals surface area contributed by atoms with Gasteiger partial charge in [-0.1, -0.05) is 55.5 Å². The topological polar surface area (TPSA) is 41.1 Å². The highest BCUT2D eigenvalue weighted by molar-refractivity contribution is 7.10. The quantitative estimate of drug-likeness (QED) is 0.618. The molecule has 2 aromatic carbocycles. The fourth-order valence-corrected chi connectivity index (χ4v) is 3.65. The molecule has 3 aromatic rings. The fourth-order valence-electron chi connectivity index (χ4n) is 2.84. The number of carbonyl (C=O) groups is 1. The van der Waals surface area contributed by atoms with Crippen molar-refractivity contribution in [3.63, 3.8) is 0 Å². The van der Waals surface area contributed by atoms with E-state index in [9.17, 15) is 4.79 Å². The average Bonchev–Trinajstić information content (AvgIpc) is 3.21. The summed E-state index contributed by atoms with van der Waals surface area (Å²) in [5.74, 6) is -0.0389. The minimum Gasteiger partial charge on any atom is -0.325 e. The maximum atomic E-state index is 12.6. The number of nitrogens with one attached hydrogen (secondary N) is 2. The first-order valence-corrected chi connectivity index (χ1v) is 9.79. The molecule has 134 valence electrons. The second-order valence-electron chi connectivity index (χ2n) is 6.29. The predicted octanol–water partition coefficient (Wildman–Crippen LogP) is 5.02. The molecule has 0 aliphatic rings. The Bertz CT molecular complexity index is 813. The van der Waals surface area contributed by atoms with Crippen LogP contribution in [0.5, 0.6) is 0 Å². The van der Waals surface area contributed by atoms with Gasteiger partial charge in [-0.3, -0.25) is 10.1 Å². The Kier molecular flexibility index (Phi) is 6.21. The van der Waals surface area contributed by atoms with Crippen molar-refractivity contribution in [1.82, 2.24) is 5.32 Å². The second-order valence-corrected chi connectivity index (χ2v) is 7.27. The number of hydrogen-bond donors (Lipinski definition) is 2. The number of hydrogen-bond acceptors (Lipinski definition) is 3. The van der Waals surface area contributed by atoms with Crippen LogP contribution in [0.4, 0.5) is 5.69 Å². The van der Waals surface area contributed by atoms with Crippen molar-refractivity contribution in [2.24, 2.45) is 0 Å². The molecule has 4 heteroatoms. The normalized spacial score (nSPS) is 13.2. The molecule has 0 saturated heterocycles. The van der Waals surface area contributed by atoms with E-state index >= 15 is 0 Å². The lowest BCUT2D eigenvalue weighted by Gasteiger charge is -2.23. The maximum absolute atomic E-state index is 12.6. The van der Waals surface area contributed by atoms with Gasteiger partial charge in [0.05, 0.1) is 12.1 Å². The van der Waals surface area contributed by atoms with Gasteiger partial charge >= 0.3 is 0 Å². The van der Waals surface area contributed by atoms with Gasteiger partial charge in [0, 0.05) is 10.6 Å². The molecule has 3 nitrogen and oxygen atoms in total. The monoisotopic (exact) mass is 364 g/mol. The highest BCUT2D eigenvalue weighted by Gasteiger charge is 2.21. The van der Waals surface area contributed by atoms with Crippen LogP contribution in [0.3, 0.4) is 0 Å². The molecule has 2 atom stereocenters. The van der Waals surface area contributed by atoms with E-state index in [1.54, 1.807) is 11.3 Å². The van der Waals surface area contributed by atoms with Crippen LogP contribution in [0.25, 0.3) is 0 Å². The standard InChI is InChI=1S/C22H24N2OS/c1-3-17-11-13-18(14-12-17)21(20-10-7-15-26-20)23-16(2)22(25)24-19-8-5-4-6-9-19/h4-16,21,23H,3H2,1-2H3,(H,24,25)/t16-,21-/m1/s1. The molecule has 2 N–H and O–H groups in total. The number of carbonyl (C=O) groups excluding carboxylic acids is 1. The number of para-hydroxylation sites is 1. The van der Waals surface area contributed by atoms with Gasteiger partial charge < -0.3 is 5.32 Å². The van der Waals surface area contributed by atoms with Gasteiger partial charge in [-0.05, 0) is 48.1 Å². The lowest BCUT2D eigenvalue weighted by molar-refractivity contribution is -0.117. The van der Waals surface area contributed by atoms with E-state index in [1.807, 2.05) is 43.3 Å². The van der Waals surface area contributed by atoms with Gasteiger partial charge in [0.1, 0.15) is 0 Å². The first-order chi connectivity index (χ1) is 12.7. The van der Waals surface area contributed by atoms with Gasteiger partial charge in [-0.25, -0.2) is 0 Å². The number of rotatable bonds is 7. The Hall–Kier alpha value is -2.43. The van der Waals surface area contributed by atoms with Crippen molar-refractivity contribution in [2.45, 2.75) is 32.4 Å². The van der Waals surface area contributed by atoms with Crippen molar-refractivity contribution in [2.75, 3.05) is 5.32 Å². The summed E-state index contributed by atoms with van der Waals surface area (Å²) < 4.78 is 0. The molecule has 0 spiro atoms. The number of amides is 1. The highest BCUT2D eigenvalue weighted by Crippen LogP contribution is 2.27. The summed E-state index contributed by atoms with van der Waals surface area (Å²) in [6, 6.07) is 22.0. The zero-order chi connectivity index (χ0) is 18.4. The molecule has 1 amide bonds. The number of aryl methyl sites for hydroxylation is 1. The number of anilines is 1. The third kappa shape index (κ3) is 4.59. The minimum absolute atomic E-state index is 0.00238. The van der Waals surface area contributed by atoms with Crippen LogP contribution in [-0.2, 0) is 11.2 Å². The second kappa shape index (κ2) is 8.79. The van der Waals surface area contributed by atoms with E-state index < -0.39 is 0 Å². The third-order valence-corrected chi connectivity index (χ3v) is 5.34. The molecule has 0 fully saturated rings. The van der Waals surface area contributed by atoms with E-state index in [0.717, 1.165) is 12.1 Å². The van der Waals surface area contributed by atoms with Crippen LogP contribution in [0.2, 0.25) is 0 Å². The summed E-state index contributed by atoms with van der Waals surface area (Å²) in [6.07, 6.45) is 1.02. The van der Waals surface area contributed by atoms with Crippen molar-refractivity contribution in [3.05, 3.63) is 88.1 Å². The van der Waals surface area contributed by atoms with E-state index in [1.165, 1.54) is 16.0 Å². The van der Waals surface area contributed by atoms with Crippen molar-refractivity contribution >= 4 is 22.9 Å². The Morgan fingerprint density at radius 1 is 1.00 bits per heavy atom. The van der Waals surface area contributed by atoms with Gasteiger partial charge in [0.2, 0.25) is 5.91 Å². The molecule has 1 aromatic heterocycles. The van der Waals surface area contributed by atoms with Crippen LogP contribution in [0.1, 0.15) is 35.9 Å². The van der Waals surface area contributed by atoms with E-state index in [2.05, 4.69) is 53.3 Å². The average molecular weight is 365 g/mol.